The zero-order valence-electron chi connectivity index (χ0n) is 9.42. The molecule has 0 fully saturated rings. The topological polar surface area (TPSA) is 80.7 Å². The van der Waals surface area contributed by atoms with E-state index < -0.39 is 15.8 Å². The Hall–Kier alpha value is -1.56. The molecule has 0 aliphatic heterocycles. The number of hydrogen-bond acceptors (Lipinski definition) is 4. The van der Waals surface area contributed by atoms with Gasteiger partial charge in [0.25, 0.3) is 0 Å². The van der Waals surface area contributed by atoms with Crippen LogP contribution in [0.3, 0.4) is 0 Å². The number of rotatable bonds is 6. The van der Waals surface area contributed by atoms with Crippen LogP contribution >= 0.6 is 0 Å². The van der Waals surface area contributed by atoms with Crippen molar-refractivity contribution in [1.82, 2.24) is 0 Å². The molecular formula is C11H14O5S. The van der Waals surface area contributed by atoms with Crippen LogP contribution in [0.1, 0.15) is 16.8 Å². The second-order valence-electron chi connectivity index (χ2n) is 3.66. The van der Waals surface area contributed by atoms with Gasteiger partial charge in [0.2, 0.25) is 0 Å². The summed E-state index contributed by atoms with van der Waals surface area (Å²) in [6, 6.07) is 5.97. The molecule has 1 aromatic carbocycles. The van der Waals surface area contributed by atoms with Gasteiger partial charge in [-0.05, 0) is 30.7 Å². The monoisotopic (exact) mass is 258 g/mol. The van der Waals surface area contributed by atoms with Crippen LogP contribution in [0.4, 0.5) is 0 Å². The largest absolute Gasteiger partial charge is 0.494 e. The molecule has 0 spiro atoms. The summed E-state index contributed by atoms with van der Waals surface area (Å²) in [5.74, 6) is -0.377. The Morgan fingerprint density at radius 2 is 1.88 bits per heavy atom. The van der Waals surface area contributed by atoms with Crippen molar-refractivity contribution in [2.24, 2.45) is 0 Å². The normalized spacial score (nSPS) is 11.1. The lowest BCUT2D eigenvalue weighted by Crippen LogP contribution is -2.08. The van der Waals surface area contributed by atoms with Crippen molar-refractivity contribution in [3.05, 3.63) is 29.8 Å². The average molecular weight is 258 g/mol. The minimum atomic E-state index is -2.95. The molecule has 0 atom stereocenters. The van der Waals surface area contributed by atoms with Gasteiger partial charge < -0.3 is 9.84 Å². The predicted molar refractivity (Wildman–Crippen MR) is 63.2 cm³/mol. The van der Waals surface area contributed by atoms with E-state index in [-0.39, 0.29) is 11.3 Å². The molecular weight excluding hydrogens is 244 g/mol. The van der Waals surface area contributed by atoms with Gasteiger partial charge in [-0.15, -0.1) is 0 Å². The van der Waals surface area contributed by atoms with Crippen LogP contribution in [-0.4, -0.2) is 38.1 Å². The van der Waals surface area contributed by atoms with E-state index >= 15 is 0 Å². The van der Waals surface area contributed by atoms with E-state index in [1.807, 2.05) is 0 Å². The van der Waals surface area contributed by atoms with Crippen LogP contribution in [-0.2, 0) is 9.84 Å². The van der Waals surface area contributed by atoms with E-state index in [1.165, 1.54) is 18.4 Å². The highest BCUT2D eigenvalue weighted by molar-refractivity contribution is 7.90. The Balaban J connectivity index is 2.40. The van der Waals surface area contributed by atoms with E-state index in [4.69, 9.17) is 9.84 Å². The molecule has 6 heteroatoms. The highest BCUT2D eigenvalue weighted by Crippen LogP contribution is 2.12. The van der Waals surface area contributed by atoms with Crippen LogP contribution in [0.5, 0.6) is 5.75 Å². The molecule has 17 heavy (non-hydrogen) atoms. The van der Waals surface area contributed by atoms with Crippen molar-refractivity contribution >= 4 is 15.8 Å². The molecule has 1 N–H and O–H groups in total. The molecule has 1 aromatic rings. The molecule has 94 valence electrons. The van der Waals surface area contributed by atoms with Gasteiger partial charge in [-0.25, -0.2) is 13.2 Å². The summed E-state index contributed by atoms with van der Waals surface area (Å²) >= 11 is 0. The SMILES string of the molecule is CS(=O)(=O)CCCOc1ccc(C(=O)O)cc1. The fourth-order valence-corrected chi connectivity index (χ4v) is 1.85. The Kier molecular flexibility index (Phi) is 4.51. The van der Waals surface area contributed by atoms with Gasteiger partial charge in [0.15, 0.2) is 0 Å². The lowest BCUT2D eigenvalue weighted by molar-refractivity contribution is 0.0697. The van der Waals surface area contributed by atoms with Crippen molar-refractivity contribution in [3.63, 3.8) is 0 Å². The maximum absolute atomic E-state index is 10.8. The minimum Gasteiger partial charge on any atom is -0.494 e. The summed E-state index contributed by atoms with van der Waals surface area (Å²) in [4.78, 5) is 10.6. The lowest BCUT2D eigenvalue weighted by Gasteiger charge is -2.05. The van der Waals surface area contributed by atoms with Gasteiger partial charge in [0, 0.05) is 6.26 Å². The third-order valence-corrected chi connectivity index (χ3v) is 3.06. The molecule has 0 aliphatic carbocycles. The van der Waals surface area contributed by atoms with E-state index in [9.17, 15) is 13.2 Å². The number of benzene rings is 1. The van der Waals surface area contributed by atoms with Gasteiger partial charge in [-0.1, -0.05) is 0 Å². The highest BCUT2D eigenvalue weighted by Gasteiger charge is 2.03. The second-order valence-corrected chi connectivity index (χ2v) is 5.92. The third-order valence-electron chi connectivity index (χ3n) is 2.03. The minimum absolute atomic E-state index is 0.0835. The van der Waals surface area contributed by atoms with Crippen molar-refractivity contribution in [3.8, 4) is 5.75 Å². The van der Waals surface area contributed by atoms with E-state index in [1.54, 1.807) is 12.1 Å². The first-order chi connectivity index (χ1) is 7.88. The standard InChI is InChI=1S/C11H14O5S/c1-17(14,15)8-2-7-16-10-5-3-9(4-6-10)11(12)13/h3-6H,2,7-8H2,1H3,(H,12,13). The first-order valence-electron chi connectivity index (χ1n) is 5.02. The molecule has 0 saturated carbocycles. The van der Waals surface area contributed by atoms with E-state index in [2.05, 4.69) is 0 Å². The van der Waals surface area contributed by atoms with Crippen molar-refractivity contribution in [2.45, 2.75) is 6.42 Å². The number of aromatic carboxylic acids is 1. The van der Waals surface area contributed by atoms with Crippen LogP contribution < -0.4 is 4.74 Å². The zero-order valence-corrected chi connectivity index (χ0v) is 10.2. The van der Waals surface area contributed by atoms with E-state index in [0.29, 0.717) is 18.8 Å². The molecule has 1 rings (SSSR count). The lowest BCUT2D eigenvalue weighted by atomic mass is 10.2. The van der Waals surface area contributed by atoms with Gasteiger partial charge in [-0.2, -0.15) is 0 Å². The van der Waals surface area contributed by atoms with Crippen molar-refractivity contribution in [2.75, 3.05) is 18.6 Å². The van der Waals surface area contributed by atoms with Crippen LogP contribution in [0.25, 0.3) is 0 Å². The predicted octanol–water partition coefficient (Wildman–Crippen LogP) is 1.20. The number of carboxylic acids is 1. The Labute approximate surface area is 100.0 Å². The Morgan fingerprint density at radius 3 is 2.35 bits per heavy atom. The second kappa shape index (κ2) is 5.67. The summed E-state index contributed by atoms with van der Waals surface area (Å²) in [6.45, 7) is 0.291. The van der Waals surface area contributed by atoms with Gasteiger partial charge >= 0.3 is 5.97 Å². The fraction of sp³-hybridized carbons (Fsp3) is 0.364. The zero-order chi connectivity index (χ0) is 12.9. The van der Waals surface area contributed by atoms with E-state index in [0.717, 1.165) is 0 Å². The van der Waals surface area contributed by atoms with Crippen molar-refractivity contribution < 1.29 is 23.1 Å². The molecule has 0 amide bonds. The number of carboxylic acid groups (broad SMARTS) is 1. The Bertz CT molecular complexity index is 475. The average Bonchev–Trinajstić information content (AvgIpc) is 2.24. The van der Waals surface area contributed by atoms with Crippen LogP contribution in [0.15, 0.2) is 24.3 Å². The molecule has 0 aliphatic rings. The molecule has 0 radical (unpaired) electrons. The first-order valence-corrected chi connectivity index (χ1v) is 7.08. The molecule has 0 aromatic heterocycles. The van der Waals surface area contributed by atoms with Crippen molar-refractivity contribution in [1.29, 1.82) is 0 Å². The maximum atomic E-state index is 10.8. The molecule has 0 bridgehead atoms. The molecule has 0 heterocycles. The summed E-state index contributed by atoms with van der Waals surface area (Å²) in [5.41, 5.74) is 0.188. The summed E-state index contributed by atoms with van der Waals surface area (Å²) in [7, 11) is -2.95. The Morgan fingerprint density at radius 1 is 1.29 bits per heavy atom. The van der Waals surface area contributed by atoms with Gasteiger partial charge in [0.05, 0.1) is 17.9 Å². The quantitative estimate of drug-likeness (QED) is 0.775. The maximum Gasteiger partial charge on any atom is 0.335 e. The number of hydrogen-bond donors (Lipinski definition) is 1. The van der Waals surface area contributed by atoms with Gasteiger partial charge in [-0.3, -0.25) is 0 Å². The van der Waals surface area contributed by atoms with Crippen LogP contribution in [0.2, 0.25) is 0 Å². The number of sulfone groups is 1. The molecule has 5 nitrogen and oxygen atoms in total. The third kappa shape index (κ3) is 5.35. The molecule has 0 unspecified atom stereocenters. The number of ether oxygens (including phenoxy) is 1. The van der Waals surface area contributed by atoms with Crippen LogP contribution in [0, 0.1) is 0 Å². The summed E-state index contributed by atoms with van der Waals surface area (Å²) in [6.07, 6.45) is 1.59. The smallest absolute Gasteiger partial charge is 0.335 e. The van der Waals surface area contributed by atoms with Gasteiger partial charge in [0.1, 0.15) is 15.6 Å². The summed E-state index contributed by atoms with van der Waals surface area (Å²) in [5, 5.41) is 8.67. The number of carbonyl (C=O) groups is 1. The highest BCUT2D eigenvalue weighted by atomic mass is 32.2. The fourth-order valence-electron chi connectivity index (χ4n) is 1.20. The molecule has 0 saturated heterocycles. The first kappa shape index (κ1) is 13.5. The summed E-state index contributed by atoms with van der Waals surface area (Å²) < 4.78 is 27.0.